The molecule has 3 aromatic rings. The number of nitrogens with one attached hydrogen (secondary N) is 1. The lowest BCUT2D eigenvalue weighted by Crippen LogP contribution is -2.22. The van der Waals surface area contributed by atoms with Crippen molar-refractivity contribution in [1.29, 1.82) is 0 Å². The molecule has 0 amide bonds. The number of hydrogen-bond donors (Lipinski definition) is 1. The third-order valence-corrected chi connectivity index (χ3v) is 6.76. The number of H-pyrrole nitrogens is 1. The standard InChI is InChI=1S/C29H34N4/c1-20(2)16-23-14-15-33(19-23)29-26-18-25(13-12-22-9-7-8-21(3)17-22)30-28(26)31-27(32-29)24-10-5-4-6-11-24/h5,7-11,17-18,23H,1,4,6,12-16,19H2,2-3H3,(H,30,31,32). The summed E-state index contributed by atoms with van der Waals surface area (Å²) in [7, 11) is 0. The molecule has 3 heterocycles. The minimum Gasteiger partial charge on any atom is -0.356 e. The second kappa shape index (κ2) is 9.38. The number of aromatic nitrogens is 3. The number of benzene rings is 1. The van der Waals surface area contributed by atoms with E-state index < -0.39 is 0 Å². The lowest BCUT2D eigenvalue weighted by Gasteiger charge is -2.19. The normalized spacial score (nSPS) is 18.2. The van der Waals surface area contributed by atoms with Gasteiger partial charge >= 0.3 is 0 Å². The molecule has 5 rings (SSSR count). The van der Waals surface area contributed by atoms with Crippen molar-refractivity contribution >= 4 is 22.4 Å². The third kappa shape index (κ3) is 4.95. The zero-order chi connectivity index (χ0) is 22.8. The van der Waals surface area contributed by atoms with Crippen molar-refractivity contribution in [2.45, 2.75) is 52.4 Å². The van der Waals surface area contributed by atoms with Gasteiger partial charge in [0.25, 0.3) is 0 Å². The monoisotopic (exact) mass is 438 g/mol. The SMILES string of the molecule is C=C(C)CC1CCN(c2nc(C3=CCCC=C3)nc3[nH]c(CCc4cccc(C)c4)cc23)C1. The molecule has 1 atom stereocenters. The second-order valence-electron chi connectivity index (χ2n) is 9.82. The number of aromatic amines is 1. The van der Waals surface area contributed by atoms with Crippen LogP contribution < -0.4 is 4.90 Å². The molecule has 1 fully saturated rings. The molecule has 2 aliphatic rings. The number of hydrogen-bond acceptors (Lipinski definition) is 3. The van der Waals surface area contributed by atoms with Crippen LogP contribution >= 0.6 is 0 Å². The van der Waals surface area contributed by atoms with Crippen LogP contribution in [0, 0.1) is 12.8 Å². The van der Waals surface area contributed by atoms with Gasteiger partial charge in [-0.25, -0.2) is 9.97 Å². The van der Waals surface area contributed by atoms with E-state index in [0.29, 0.717) is 5.92 Å². The molecule has 0 bridgehead atoms. The van der Waals surface area contributed by atoms with Crippen molar-refractivity contribution in [2.24, 2.45) is 5.92 Å². The molecular weight excluding hydrogens is 404 g/mol. The summed E-state index contributed by atoms with van der Waals surface area (Å²) in [5.41, 5.74) is 7.28. The molecular formula is C29H34N4. The maximum absolute atomic E-state index is 5.12. The number of fused-ring (bicyclic) bond motifs is 1. The zero-order valence-electron chi connectivity index (χ0n) is 19.9. The molecule has 1 aliphatic heterocycles. The van der Waals surface area contributed by atoms with Crippen molar-refractivity contribution in [3.63, 3.8) is 0 Å². The number of aryl methyl sites for hydroxylation is 3. The Balaban J connectivity index is 1.47. The van der Waals surface area contributed by atoms with Crippen LogP contribution in [0.3, 0.4) is 0 Å². The van der Waals surface area contributed by atoms with Crippen LogP contribution in [0.1, 0.15) is 55.3 Å². The first-order valence-corrected chi connectivity index (χ1v) is 12.3. The number of nitrogens with zero attached hydrogens (tertiary/aromatic N) is 3. The first-order valence-electron chi connectivity index (χ1n) is 12.3. The Kier molecular flexibility index (Phi) is 6.17. The van der Waals surface area contributed by atoms with E-state index in [1.165, 1.54) is 28.8 Å². The molecule has 4 nitrogen and oxygen atoms in total. The predicted octanol–water partition coefficient (Wildman–Crippen LogP) is 6.58. The predicted molar refractivity (Wildman–Crippen MR) is 139 cm³/mol. The zero-order valence-corrected chi connectivity index (χ0v) is 19.9. The van der Waals surface area contributed by atoms with Gasteiger partial charge in [0.15, 0.2) is 5.82 Å². The van der Waals surface area contributed by atoms with E-state index in [2.05, 4.69) is 78.9 Å². The average Bonchev–Trinajstić information content (AvgIpc) is 3.44. The summed E-state index contributed by atoms with van der Waals surface area (Å²) in [6.45, 7) is 10.5. The lowest BCUT2D eigenvalue weighted by molar-refractivity contribution is 0.584. The molecule has 0 saturated carbocycles. The average molecular weight is 439 g/mol. The van der Waals surface area contributed by atoms with E-state index in [-0.39, 0.29) is 0 Å². The van der Waals surface area contributed by atoms with Crippen LogP contribution in [0.25, 0.3) is 16.6 Å². The molecule has 2 aromatic heterocycles. The van der Waals surface area contributed by atoms with Gasteiger partial charge < -0.3 is 9.88 Å². The molecule has 0 radical (unpaired) electrons. The van der Waals surface area contributed by atoms with Crippen molar-refractivity contribution in [2.75, 3.05) is 18.0 Å². The van der Waals surface area contributed by atoms with E-state index in [0.717, 1.165) is 73.4 Å². The van der Waals surface area contributed by atoms with E-state index in [1.54, 1.807) is 0 Å². The van der Waals surface area contributed by atoms with Gasteiger partial charge in [-0.3, -0.25) is 0 Å². The summed E-state index contributed by atoms with van der Waals surface area (Å²) >= 11 is 0. The van der Waals surface area contributed by atoms with Crippen LogP contribution in [0.15, 0.2) is 60.7 Å². The van der Waals surface area contributed by atoms with Gasteiger partial charge in [0.1, 0.15) is 11.5 Å². The van der Waals surface area contributed by atoms with E-state index in [1.807, 2.05) is 0 Å². The lowest BCUT2D eigenvalue weighted by atomic mass is 10.0. The largest absolute Gasteiger partial charge is 0.356 e. The molecule has 170 valence electrons. The van der Waals surface area contributed by atoms with Crippen molar-refractivity contribution < 1.29 is 0 Å². The molecule has 33 heavy (non-hydrogen) atoms. The Bertz CT molecular complexity index is 1230. The maximum Gasteiger partial charge on any atom is 0.163 e. The summed E-state index contributed by atoms with van der Waals surface area (Å²) in [6, 6.07) is 11.1. The summed E-state index contributed by atoms with van der Waals surface area (Å²) in [4.78, 5) is 16.2. The molecule has 0 spiro atoms. The van der Waals surface area contributed by atoms with E-state index >= 15 is 0 Å². The van der Waals surface area contributed by atoms with E-state index in [4.69, 9.17) is 9.97 Å². The Morgan fingerprint density at radius 2 is 2.09 bits per heavy atom. The molecule has 1 N–H and O–H groups in total. The highest BCUT2D eigenvalue weighted by Gasteiger charge is 2.26. The van der Waals surface area contributed by atoms with Gasteiger partial charge in [0, 0.05) is 24.4 Å². The van der Waals surface area contributed by atoms with Crippen LogP contribution in [0.4, 0.5) is 5.82 Å². The Morgan fingerprint density at radius 3 is 2.88 bits per heavy atom. The Hall–Kier alpha value is -3.14. The highest BCUT2D eigenvalue weighted by Crippen LogP contribution is 2.33. The van der Waals surface area contributed by atoms with Gasteiger partial charge in [-0.15, -0.1) is 6.58 Å². The van der Waals surface area contributed by atoms with Crippen LogP contribution in [-0.4, -0.2) is 28.0 Å². The third-order valence-electron chi connectivity index (χ3n) is 6.76. The number of anilines is 1. The molecule has 1 aliphatic carbocycles. The highest BCUT2D eigenvalue weighted by atomic mass is 15.2. The summed E-state index contributed by atoms with van der Waals surface area (Å²) in [6.07, 6.45) is 13.1. The van der Waals surface area contributed by atoms with E-state index in [9.17, 15) is 0 Å². The first-order chi connectivity index (χ1) is 16.0. The minimum absolute atomic E-state index is 0.657. The van der Waals surface area contributed by atoms with Crippen LogP contribution in [0.2, 0.25) is 0 Å². The molecule has 1 saturated heterocycles. The van der Waals surface area contributed by atoms with Gasteiger partial charge in [-0.2, -0.15) is 0 Å². The Labute approximate surface area is 197 Å². The quantitative estimate of drug-likeness (QED) is 0.424. The summed E-state index contributed by atoms with van der Waals surface area (Å²) in [5, 5.41) is 1.15. The topological polar surface area (TPSA) is 44.8 Å². The van der Waals surface area contributed by atoms with Crippen molar-refractivity contribution in [3.05, 3.63) is 83.4 Å². The number of allylic oxidation sites excluding steroid dienone is 5. The highest BCUT2D eigenvalue weighted by molar-refractivity contribution is 5.90. The van der Waals surface area contributed by atoms with Crippen LogP contribution in [0.5, 0.6) is 0 Å². The van der Waals surface area contributed by atoms with Gasteiger partial charge in [0.05, 0.1) is 5.39 Å². The van der Waals surface area contributed by atoms with Gasteiger partial charge in [-0.1, -0.05) is 53.6 Å². The molecule has 1 aromatic carbocycles. The minimum atomic E-state index is 0.657. The van der Waals surface area contributed by atoms with Crippen LogP contribution in [-0.2, 0) is 12.8 Å². The first kappa shape index (κ1) is 21.7. The fraction of sp³-hybridized carbons (Fsp3) is 0.379. The molecule has 1 unspecified atom stereocenters. The smallest absolute Gasteiger partial charge is 0.163 e. The van der Waals surface area contributed by atoms with Crippen molar-refractivity contribution in [1.82, 2.24) is 15.0 Å². The van der Waals surface area contributed by atoms with Gasteiger partial charge in [0.2, 0.25) is 0 Å². The molecule has 4 heteroatoms. The fourth-order valence-electron chi connectivity index (χ4n) is 5.16. The Morgan fingerprint density at radius 1 is 1.18 bits per heavy atom. The fourth-order valence-corrected chi connectivity index (χ4v) is 5.16. The second-order valence-corrected chi connectivity index (χ2v) is 9.82. The summed E-state index contributed by atoms with van der Waals surface area (Å²) < 4.78 is 0. The summed E-state index contributed by atoms with van der Waals surface area (Å²) in [5.74, 6) is 2.57. The van der Waals surface area contributed by atoms with Crippen molar-refractivity contribution in [3.8, 4) is 0 Å². The van der Waals surface area contributed by atoms with Gasteiger partial charge in [-0.05, 0) is 69.9 Å². The number of rotatable bonds is 7. The maximum atomic E-state index is 5.12.